The molecule has 0 bridgehead atoms. The summed E-state index contributed by atoms with van der Waals surface area (Å²) in [5.41, 5.74) is -0.304. The minimum Gasteiger partial charge on any atom is -0.384 e. The predicted molar refractivity (Wildman–Crippen MR) is 76.8 cm³/mol. The quantitative estimate of drug-likeness (QED) is 0.832. The summed E-state index contributed by atoms with van der Waals surface area (Å²) >= 11 is 0. The summed E-state index contributed by atoms with van der Waals surface area (Å²) < 4.78 is 22.7. The number of rotatable bonds is 6. The van der Waals surface area contributed by atoms with Gasteiger partial charge in [0.25, 0.3) is 0 Å². The van der Waals surface area contributed by atoms with E-state index < -0.39 is 15.4 Å². The van der Waals surface area contributed by atoms with Crippen LogP contribution in [0.1, 0.15) is 26.3 Å². The lowest BCUT2D eigenvalue weighted by atomic mass is 9.96. The van der Waals surface area contributed by atoms with Gasteiger partial charge >= 0.3 is 0 Å². The van der Waals surface area contributed by atoms with Crippen molar-refractivity contribution in [3.8, 4) is 0 Å². The second-order valence-corrected chi connectivity index (χ2v) is 7.61. The van der Waals surface area contributed by atoms with Gasteiger partial charge in [-0.25, -0.2) is 8.42 Å². The van der Waals surface area contributed by atoms with Crippen LogP contribution in [0.25, 0.3) is 0 Å². The molecule has 1 aromatic carbocycles. The Morgan fingerprint density at radius 3 is 2.21 bits per heavy atom. The van der Waals surface area contributed by atoms with Crippen molar-refractivity contribution in [1.82, 2.24) is 5.32 Å². The van der Waals surface area contributed by atoms with Gasteiger partial charge in [0.05, 0.1) is 10.5 Å². The van der Waals surface area contributed by atoms with Crippen molar-refractivity contribution in [3.05, 3.63) is 29.8 Å². The summed E-state index contributed by atoms with van der Waals surface area (Å²) in [7, 11) is -3.19. The van der Waals surface area contributed by atoms with E-state index in [1.54, 1.807) is 19.1 Å². The smallest absolute Gasteiger partial charge is 0.175 e. The zero-order valence-corrected chi connectivity index (χ0v) is 12.8. The van der Waals surface area contributed by atoms with Crippen molar-refractivity contribution in [2.75, 3.05) is 19.3 Å². The topological polar surface area (TPSA) is 66.4 Å². The van der Waals surface area contributed by atoms with Crippen LogP contribution in [0.4, 0.5) is 0 Å². The molecule has 0 spiro atoms. The van der Waals surface area contributed by atoms with Crippen LogP contribution in [0.15, 0.2) is 29.2 Å². The third-order valence-corrected chi connectivity index (χ3v) is 4.05. The van der Waals surface area contributed by atoms with Crippen LogP contribution in [0.5, 0.6) is 0 Å². The molecular weight excluding hydrogens is 262 g/mol. The molecule has 1 atom stereocenters. The molecule has 0 heterocycles. The molecule has 5 heteroatoms. The van der Waals surface area contributed by atoms with E-state index in [-0.39, 0.29) is 4.90 Å². The van der Waals surface area contributed by atoms with Gasteiger partial charge in [-0.3, -0.25) is 0 Å². The van der Waals surface area contributed by atoms with Gasteiger partial charge in [0, 0.05) is 12.8 Å². The molecular formula is C14H23NO3S. The van der Waals surface area contributed by atoms with Crippen LogP contribution in [-0.2, 0) is 15.4 Å². The maximum atomic E-state index is 11.4. The molecule has 1 aromatic rings. The van der Waals surface area contributed by atoms with E-state index in [1.807, 2.05) is 0 Å². The highest BCUT2D eigenvalue weighted by Crippen LogP contribution is 2.21. The Kier molecular flexibility index (Phi) is 5.12. The summed E-state index contributed by atoms with van der Waals surface area (Å²) in [6.07, 6.45) is 1.17. The van der Waals surface area contributed by atoms with Crippen molar-refractivity contribution in [3.63, 3.8) is 0 Å². The molecule has 0 saturated carbocycles. The highest BCUT2D eigenvalue weighted by molar-refractivity contribution is 7.90. The van der Waals surface area contributed by atoms with E-state index in [4.69, 9.17) is 0 Å². The Labute approximate surface area is 115 Å². The van der Waals surface area contributed by atoms with E-state index in [2.05, 4.69) is 19.2 Å². The normalized spacial score (nSPS) is 15.5. The summed E-state index contributed by atoms with van der Waals surface area (Å²) in [6.45, 7) is 7.18. The van der Waals surface area contributed by atoms with Crippen molar-refractivity contribution >= 4 is 9.84 Å². The molecule has 108 valence electrons. The first-order chi connectivity index (χ1) is 8.63. The summed E-state index contributed by atoms with van der Waals surface area (Å²) in [4.78, 5) is 0.266. The average molecular weight is 285 g/mol. The number of hydrogen-bond acceptors (Lipinski definition) is 4. The molecule has 0 aliphatic heterocycles. The molecule has 0 radical (unpaired) electrons. The Morgan fingerprint density at radius 2 is 1.79 bits per heavy atom. The fraction of sp³-hybridized carbons (Fsp3) is 0.571. The first kappa shape index (κ1) is 16.1. The van der Waals surface area contributed by atoms with Gasteiger partial charge in [-0.2, -0.15) is 0 Å². The van der Waals surface area contributed by atoms with E-state index in [0.29, 0.717) is 18.0 Å². The van der Waals surface area contributed by atoms with Crippen LogP contribution in [0.2, 0.25) is 0 Å². The Balaban J connectivity index is 2.79. The molecule has 4 nitrogen and oxygen atoms in total. The summed E-state index contributed by atoms with van der Waals surface area (Å²) in [6, 6.07) is 6.38. The lowest BCUT2D eigenvalue weighted by Crippen LogP contribution is -2.37. The number of hydrogen-bond donors (Lipinski definition) is 2. The van der Waals surface area contributed by atoms with Gasteiger partial charge in [0.15, 0.2) is 9.84 Å². The summed E-state index contributed by atoms with van der Waals surface area (Å²) in [5.74, 6) is 0.517. The lowest BCUT2D eigenvalue weighted by molar-refractivity contribution is 0.0563. The van der Waals surface area contributed by atoms with E-state index in [0.717, 1.165) is 6.54 Å². The van der Waals surface area contributed by atoms with Crippen LogP contribution in [-0.4, -0.2) is 32.9 Å². The molecule has 0 aromatic heterocycles. The van der Waals surface area contributed by atoms with Gasteiger partial charge in [0.1, 0.15) is 0 Å². The molecule has 1 unspecified atom stereocenters. The zero-order valence-electron chi connectivity index (χ0n) is 12.0. The van der Waals surface area contributed by atoms with Crippen molar-refractivity contribution in [2.45, 2.75) is 31.3 Å². The second-order valence-electron chi connectivity index (χ2n) is 5.60. The van der Waals surface area contributed by atoms with Crippen molar-refractivity contribution in [1.29, 1.82) is 0 Å². The maximum absolute atomic E-state index is 11.4. The monoisotopic (exact) mass is 285 g/mol. The van der Waals surface area contributed by atoms with Gasteiger partial charge in [-0.05, 0) is 37.1 Å². The van der Waals surface area contributed by atoms with Gasteiger partial charge in [0.2, 0.25) is 0 Å². The minimum atomic E-state index is -3.19. The van der Waals surface area contributed by atoms with Gasteiger partial charge in [-0.15, -0.1) is 0 Å². The molecule has 2 N–H and O–H groups in total. The van der Waals surface area contributed by atoms with Gasteiger partial charge in [-0.1, -0.05) is 26.0 Å². The Hall–Kier alpha value is -0.910. The highest BCUT2D eigenvalue weighted by atomic mass is 32.2. The number of sulfone groups is 1. The number of aliphatic hydroxyl groups is 1. The second kappa shape index (κ2) is 6.03. The molecule has 1 rings (SSSR count). The van der Waals surface area contributed by atoms with E-state index in [1.165, 1.54) is 18.4 Å². The number of benzene rings is 1. The molecule has 0 amide bonds. The van der Waals surface area contributed by atoms with Gasteiger partial charge < -0.3 is 10.4 Å². The SMILES string of the molecule is CC(C)CNCC(C)(O)c1ccc(S(C)(=O)=O)cc1. The minimum absolute atomic E-state index is 0.266. The third-order valence-electron chi connectivity index (χ3n) is 2.93. The molecule has 0 aliphatic rings. The van der Waals surface area contributed by atoms with Crippen LogP contribution in [0.3, 0.4) is 0 Å². The van der Waals surface area contributed by atoms with Crippen molar-refractivity contribution < 1.29 is 13.5 Å². The van der Waals surface area contributed by atoms with Crippen LogP contribution >= 0.6 is 0 Å². The first-order valence-electron chi connectivity index (χ1n) is 6.36. The highest BCUT2D eigenvalue weighted by Gasteiger charge is 2.23. The van der Waals surface area contributed by atoms with Crippen LogP contribution < -0.4 is 5.32 Å². The largest absolute Gasteiger partial charge is 0.384 e. The average Bonchev–Trinajstić information content (AvgIpc) is 2.27. The Morgan fingerprint density at radius 1 is 1.26 bits per heavy atom. The lowest BCUT2D eigenvalue weighted by Gasteiger charge is -2.25. The number of nitrogens with one attached hydrogen (secondary N) is 1. The molecule has 0 aliphatic carbocycles. The van der Waals surface area contributed by atoms with Crippen LogP contribution in [0, 0.1) is 5.92 Å². The molecule has 19 heavy (non-hydrogen) atoms. The van der Waals surface area contributed by atoms with Crippen molar-refractivity contribution in [2.24, 2.45) is 5.92 Å². The fourth-order valence-corrected chi connectivity index (χ4v) is 2.40. The van der Waals surface area contributed by atoms with E-state index >= 15 is 0 Å². The molecule has 0 fully saturated rings. The first-order valence-corrected chi connectivity index (χ1v) is 8.26. The summed E-state index contributed by atoms with van der Waals surface area (Å²) in [5, 5.41) is 13.6. The maximum Gasteiger partial charge on any atom is 0.175 e. The third kappa shape index (κ3) is 4.93. The zero-order chi connectivity index (χ0) is 14.7. The fourth-order valence-electron chi connectivity index (χ4n) is 1.77. The Bertz CT molecular complexity index is 504. The van der Waals surface area contributed by atoms with E-state index in [9.17, 15) is 13.5 Å². The predicted octanol–water partition coefficient (Wildman–Crippen LogP) is 1.54. The molecule has 0 saturated heterocycles. The standard InChI is InChI=1S/C14H23NO3S/c1-11(2)9-15-10-14(3,16)12-5-7-13(8-6-12)19(4,17)18/h5-8,11,15-16H,9-10H2,1-4H3.